The van der Waals surface area contributed by atoms with Crippen LogP contribution in [0.3, 0.4) is 0 Å². The molecular weight excluding hydrogens is 777 g/mol. The van der Waals surface area contributed by atoms with Gasteiger partial charge in [0.05, 0.1) is 11.4 Å². The molecule has 9 aromatic carbocycles. The summed E-state index contributed by atoms with van der Waals surface area (Å²) in [4.78, 5) is 10.6. The Bertz CT molecular complexity index is 3580. The molecule has 0 atom stereocenters. The first-order valence-electron chi connectivity index (χ1n) is 22.0. The summed E-state index contributed by atoms with van der Waals surface area (Å²) in [6.45, 7) is 4.69. The second-order valence-electron chi connectivity index (χ2n) is 17.4. The van der Waals surface area contributed by atoms with Crippen LogP contribution in [0.15, 0.2) is 223 Å². The lowest BCUT2D eigenvalue weighted by Crippen LogP contribution is -2.14. The highest BCUT2D eigenvalue weighted by Crippen LogP contribution is 2.50. The summed E-state index contributed by atoms with van der Waals surface area (Å²) in [5.74, 6) is 0.679. The Morgan fingerprint density at radius 1 is 0.312 bits per heavy atom. The first-order chi connectivity index (χ1) is 31.4. The van der Waals surface area contributed by atoms with Gasteiger partial charge < -0.3 is 4.42 Å². The molecule has 1 aliphatic carbocycles. The number of rotatable bonds is 7. The zero-order chi connectivity index (χ0) is 42.8. The van der Waals surface area contributed by atoms with Crippen LogP contribution in [0, 0.1) is 0 Å². The molecule has 3 heteroatoms. The van der Waals surface area contributed by atoms with Crippen molar-refractivity contribution in [1.82, 2.24) is 9.97 Å². The molecule has 0 bridgehead atoms. The minimum Gasteiger partial charge on any atom is -0.456 e. The van der Waals surface area contributed by atoms with Crippen LogP contribution in [-0.2, 0) is 5.41 Å². The Morgan fingerprint density at radius 3 is 1.64 bits per heavy atom. The third-order valence-electron chi connectivity index (χ3n) is 13.1. The molecule has 0 amide bonds. The third kappa shape index (κ3) is 6.44. The van der Waals surface area contributed by atoms with E-state index in [4.69, 9.17) is 14.4 Å². The van der Waals surface area contributed by atoms with Crippen molar-refractivity contribution >= 4 is 21.9 Å². The number of hydrogen-bond donors (Lipinski definition) is 0. The van der Waals surface area contributed by atoms with E-state index >= 15 is 0 Å². The molecule has 0 saturated heterocycles. The standard InChI is InChI=1S/C61H42N2O/c1-61(2)54-26-13-11-23-49(54)50-30-28-44(37-55(50)61)41-20-15-21-42(32-41)45-33-46(43-29-31-59-53(36-43)52-25-12-14-27-58(52)64-59)35-47(34-45)56-38-57(63-60(62-56)40-18-7-4-8-19-40)51-24-10-9-22-48(51)39-16-5-3-6-17-39/h3-38H,1-2H3. The van der Waals surface area contributed by atoms with Crippen LogP contribution in [0.2, 0.25) is 0 Å². The van der Waals surface area contributed by atoms with Gasteiger partial charge in [0.2, 0.25) is 0 Å². The van der Waals surface area contributed by atoms with Crippen LogP contribution in [-0.4, -0.2) is 9.97 Å². The fourth-order valence-corrected chi connectivity index (χ4v) is 9.80. The van der Waals surface area contributed by atoms with E-state index in [0.29, 0.717) is 5.82 Å². The summed E-state index contributed by atoms with van der Waals surface area (Å²) in [6.07, 6.45) is 0. The number of para-hydroxylation sites is 1. The van der Waals surface area contributed by atoms with Crippen LogP contribution in [0.5, 0.6) is 0 Å². The molecule has 3 nitrogen and oxygen atoms in total. The molecular formula is C61H42N2O. The highest BCUT2D eigenvalue weighted by Gasteiger charge is 2.35. The van der Waals surface area contributed by atoms with Crippen molar-refractivity contribution in [2.75, 3.05) is 0 Å². The Balaban J connectivity index is 1.05. The molecule has 64 heavy (non-hydrogen) atoms. The van der Waals surface area contributed by atoms with E-state index < -0.39 is 0 Å². The molecule has 0 saturated carbocycles. The maximum Gasteiger partial charge on any atom is 0.160 e. The SMILES string of the molecule is CC1(C)c2ccccc2-c2ccc(-c3cccc(-c4cc(-c5ccc6oc7ccccc7c6c5)cc(-c5cc(-c6ccccc6-c6ccccc6)nc(-c6ccccc6)n5)c4)c3)cc21. The summed E-state index contributed by atoms with van der Waals surface area (Å²) in [7, 11) is 0. The molecule has 0 aliphatic heterocycles. The Hall–Kier alpha value is -8.14. The second kappa shape index (κ2) is 15.0. The van der Waals surface area contributed by atoms with Crippen LogP contribution in [0.1, 0.15) is 25.0 Å². The van der Waals surface area contributed by atoms with Gasteiger partial charge in [-0.3, -0.25) is 0 Å². The zero-order valence-electron chi connectivity index (χ0n) is 35.6. The van der Waals surface area contributed by atoms with E-state index in [1.807, 2.05) is 30.3 Å². The van der Waals surface area contributed by atoms with E-state index in [2.05, 4.69) is 202 Å². The average molecular weight is 819 g/mol. The van der Waals surface area contributed by atoms with Crippen molar-refractivity contribution in [1.29, 1.82) is 0 Å². The maximum atomic E-state index is 6.28. The number of furan rings is 1. The van der Waals surface area contributed by atoms with Gasteiger partial charge in [0.15, 0.2) is 5.82 Å². The average Bonchev–Trinajstić information content (AvgIpc) is 3.85. The van der Waals surface area contributed by atoms with Gasteiger partial charge in [0.1, 0.15) is 11.2 Å². The predicted molar refractivity (Wildman–Crippen MR) is 265 cm³/mol. The number of aromatic nitrogens is 2. The first kappa shape index (κ1) is 37.6. The van der Waals surface area contributed by atoms with Gasteiger partial charge in [-0.15, -0.1) is 0 Å². The van der Waals surface area contributed by atoms with Gasteiger partial charge in [-0.2, -0.15) is 0 Å². The molecule has 0 unspecified atom stereocenters. The van der Waals surface area contributed by atoms with Crippen molar-refractivity contribution in [2.45, 2.75) is 19.3 Å². The van der Waals surface area contributed by atoms with Crippen LogP contribution < -0.4 is 0 Å². The summed E-state index contributed by atoms with van der Waals surface area (Å²) in [5, 5.41) is 2.20. The summed E-state index contributed by atoms with van der Waals surface area (Å²) < 4.78 is 6.28. The molecule has 0 fully saturated rings. The van der Waals surface area contributed by atoms with Gasteiger partial charge >= 0.3 is 0 Å². The Morgan fingerprint density at radius 2 is 0.844 bits per heavy atom. The van der Waals surface area contributed by atoms with Crippen molar-refractivity contribution < 1.29 is 4.42 Å². The van der Waals surface area contributed by atoms with Crippen LogP contribution in [0.25, 0.3) is 111 Å². The molecule has 2 heterocycles. The van der Waals surface area contributed by atoms with Crippen molar-refractivity contribution in [2.24, 2.45) is 0 Å². The molecule has 2 aromatic heterocycles. The number of fused-ring (bicyclic) bond motifs is 6. The van der Waals surface area contributed by atoms with E-state index in [0.717, 1.165) is 83.4 Å². The van der Waals surface area contributed by atoms with Crippen LogP contribution >= 0.6 is 0 Å². The summed E-state index contributed by atoms with van der Waals surface area (Å²) in [6, 6.07) is 78.0. The highest BCUT2D eigenvalue weighted by atomic mass is 16.3. The zero-order valence-corrected chi connectivity index (χ0v) is 35.6. The summed E-state index contributed by atoms with van der Waals surface area (Å²) in [5.41, 5.74) is 20.9. The van der Waals surface area contributed by atoms with Gasteiger partial charge in [-0.05, 0) is 121 Å². The second-order valence-corrected chi connectivity index (χ2v) is 17.4. The molecule has 302 valence electrons. The van der Waals surface area contributed by atoms with E-state index in [1.165, 1.54) is 33.4 Å². The Kier molecular flexibility index (Phi) is 8.84. The van der Waals surface area contributed by atoms with Crippen molar-refractivity contribution in [3.05, 3.63) is 230 Å². The maximum absolute atomic E-state index is 6.28. The highest BCUT2D eigenvalue weighted by molar-refractivity contribution is 6.06. The first-order valence-corrected chi connectivity index (χ1v) is 22.0. The molecule has 0 spiro atoms. The number of hydrogen-bond acceptors (Lipinski definition) is 3. The predicted octanol–water partition coefficient (Wildman–Crippen LogP) is 16.4. The quantitative estimate of drug-likeness (QED) is 0.161. The molecule has 11 aromatic rings. The van der Waals surface area contributed by atoms with Crippen molar-refractivity contribution in [3.63, 3.8) is 0 Å². The van der Waals surface area contributed by atoms with E-state index in [1.54, 1.807) is 0 Å². The van der Waals surface area contributed by atoms with Crippen LogP contribution in [0.4, 0.5) is 0 Å². The van der Waals surface area contributed by atoms with E-state index in [9.17, 15) is 0 Å². The fraction of sp³-hybridized carbons (Fsp3) is 0.0492. The van der Waals surface area contributed by atoms with Gasteiger partial charge in [0.25, 0.3) is 0 Å². The number of nitrogens with zero attached hydrogens (tertiary/aromatic N) is 2. The minimum absolute atomic E-state index is 0.0825. The molecule has 0 N–H and O–H groups in total. The van der Waals surface area contributed by atoms with E-state index in [-0.39, 0.29) is 5.41 Å². The van der Waals surface area contributed by atoms with Crippen molar-refractivity contribution in [3.8, 4) is 89.5 Å². The largest absolute Gasteiger partial charge is 0.456 e. The molecule has 0 radical (unpaired) electrons. The van der Waals surface area contributed by atoms with Gasteiger partial charge in [-0.25, -0.2) is 9.97 Å². The normalized spacial score (nSPS) is 12.7. The molecule has 1 aliphatic rings. The molecule has 12 rings (SSSR count). The summed E-state index contributed by atoms with van der Waals surface area (Å²) >= 11 is 0. The lowest BCUT2D eigenvalue weighted by molar-refractivity contribution is 0.660. The minimum atomic E-state index is -0.0825. The fourth-order valence-electron chi connectivity index (χ4n) is 9.80. The van der Waals surface area contributed by atoms with Gasteiger partial charge in [0, 0.05) is 32.9 Å². The lowest BCUT2D eigenvalue weighted by Gasteiger charge is -2.22. The smallest absolute Gasteiger partial charge is 0.160 e. The third-order valence-corrected chi connectivity index (χ3v) is 13.1. The Labute approximate surface area is 373 Å². The number of benzene rings is 9. The lowest BCUT2D eigenvalue weighted by atomic mass is 9.81. The van der Waals surface area contributed by atoms with Gasteiger partial charge in [-0.1, -0.05) is 178 Å². The monoisotopic (exact) mass is 818 g/mol. The topological polar surface area (TPSA) is 38.9 Å².